The van der Waals surface area contributed by atoms with Crippen LogP contribution in [0.3, 0.4) is 0 Å². The molecule has 0 radical (unpaired) electrons. The number of fused-ring (bicyclic) bond motifs is 1. The summed E-state index contributed by atoms with van der Waals surface area (Å²) in [4.78, 5) is 12.6. The highest BCUT2D eigenvalue weighted by atomic mass is 16.5. The minimum Gasteiger partial charge on any atom is -0.493 e. The summed E-state index contributed by atoms with van der Waals surface area (Å²) in [5.41, 5.74) is 0.554. The van der Waals surface area contributed by atoms with Crippen molar-refractivity contribution in [1.29, 1.82) is 0 Å². The second-order valence-corrected chi connectivity index (χ2v) is 7.22. The summed E-state index contributed by atoms with van der Waals surface area (Å²) in [5, 5.41) is 5.05. The topological polar surface area (TPSA) is 79.2 Å². The molecule has 1 aromatic heterocycles. The van der Waals surface area contributed by atoms with E-state index in [-0.39, 0.29) is 18.3 Å². The Balaban J connectivity index is 1.37. The molecule has 7 heteroatoms. The fourth-order valence-electron chi connectivity index (χ4n) is 3.28. The molecule has 3 aromatic carbocycles. The second kappa shape index (κ2) is 10.6. The molecule has 0 aliphatic carbocycles. The fraction of sp³-hybridized carbons (Fsp3) is 0.192. The van der Waals surface area contributed by atoms with Crippen LogP contribution in [0.25, 0.3) is 10.8 Å². The highest BCUT2D eigenvalue weighted by Crippen LogP contribution is 2.30. The SMILES string of the molecule is COCCOc1cc(NC(=O)c2ccc(COc3ccc4ccccc4c3)o2)ccc1OC. The Morgan fingerprint density at radius 3 is 2.52 bits per heavy atom. The average Bonchev–Trinajstić information content (AvgIpc) is 3.32. The number of hydrogen-bond donors (Lipinski definition) is 1. The van der Waals surface area contributed by atoms with Gasteiger partial charge < -0.3 is 28.7 Å². The lowest BCUT2D eigenvalue weighted by Gasteiger charge is -2.12. The first kappa shape index (κ1) is 22.2. The maximum Gasteiger partial charge on any atom is 0.291 e. The van der Waals surface area contributed by atoms with E-state index >= 15 is 0 Å². The zero-order valence-corrected chi connectivity index (χ0v) is 18.5. The molecule has 1 amide bonds. The van der Waals surface area contributed by atoms with Crippen LogP contribution in [0, 0.1) is 0 Å². The molecule has 0 unspecified atom stereocenters. The minimum absolute atomic E-state index is 0.185. The van der Waals surface area contributed by atoms with Gasteiger partial charge in [0.25, 0.3) is 5.91 Å². The third kappa shape index (κ3) is 5.64. The lowest BCUT2D eigenvalue weighted by Crippen LogP contribution is -2.11. The van der Waals surface area contributed by atoms with Crippen LogP contribution in [0.15, 0.2) is 77.2 Å². The van der Waals surface area contributed by atoms with E-state index < -0.39 is 0 Å². The summed E-state index contributed by atoms with van der Waals surface area (Å²) >= 11 is 0. The summed E-state index contributed by atoms with van der Waals surface area (Å²) in [6, 6.07) is 22.5. The van der Waals surface area contributed by atoms with Crippen molar-refractivity contribution < 1.29 is 28.2 Å². The number of methoxy groups -OCH3 is 2. The van der Waals surface area contributed by atoms with E-state index in [0.717, 1.165) is 16.5 Å². The monoisotopic (exact) mass is 447 g/mol. The molecule has 0 atom stereocenters. The van der Waals surface area contributed by atoms with Gasteiger partial charge in [0.1, 0.15) is 24.7 Å². The Morgan fingerprint density at radius 2 is 1.70 bits per heavy atom. The fourth-order valence-corrected chi connectivity index (χ4v) is 3.28. The maximum atomic E-state index is 12.6. The van der Waals surface area contributed by atoms with Gasteiger partial charge in [-0.15, -0.1) is 0 Å². The number of furan rings is 1. The van der Waals surface area contributed by atoms with Crippen LogP contribution in [0.4, 0.5) is 5.69 Å². The van der Waals surface area contributed by atoms with Gasteiger partial charge >= 0.3 is 0 Å². The Morgan fingerprint density at radius 1 is 0.848 bits per heavy atom. The van der Waals surface area contributed by atoms with E-state index in [2.05, 4.69) is 5.32 Å². The number of nitrogens with one attached hydrogen (secondary N) is 1. The summed E-state index contributed by atoms with van der Waals surface area (Å²) < 4.78 is 27.5. The number of hydrogen-bond acceptors (Lipinski definition) is 6. The standard InChI is InChI=1S/C26H25NO6/c1-29-13-14-31-25-16-20(8-11-23(25)30-2)27-26(28)24-12-10-22(33-24)17-32-21-9-7-18-5-3-4-6-19(18)15-21/h3-12,15-16H,13-14,17H2,1-2H3,(H,27,28). The molecule has 0 aliphatic rings. The molecule has 4 rings (SSSR count). The van der Waals surface area contributed by atoms with Crippen LogP contribution in [-0.4, -0.2) is 33.3 Å². The van der Waals surface area contributed by atoms with Gasteiger partial charge in [0.2, 0.25) is 0 Å². The van der Waals surface area contributed by atoms with Gasteiger partial charge in [-0.2, -0.15) is 0 Å². The summed E-state index contributed by atoms with van der Waals surface area (Å²) in [7, 11) is 3.16. The van der Waals surface area contributed by atoms with E-state index in [9.17, 15) is 4.79 Å². The van der Waals surface area contributed by atoms with Gasteiger partial charge in [0, 0.05) is 18.9 Å². The van der Waals surface area contributed by atoms with Crippen molar-refractivity contribution in [2.24, 2.45) is 0 Å². The number of ether oxygens (including phenoxy) is 4. The number of rotatable bonds is 10. The predicted molar refractivity (Wildman–Crippen MR) is 125 cm³/mol. The number of anilines is 1. The number of carbonyl (C=O) groups excluding carboxylic acids is 1. The zero-order valence-electron chi connectivity index (χ0n) is 18.5. The Bertz CT molecular complexity index is 1230. The quantitative estimate of drug-likeness (QED) is 0.333. The molecule has 1 heterocycles. The van der Waals surface area contributed by atoms with E-state index in [4.69, 9.17) is 23.4 Å². The summed E-state index contributed by atoms with van der Waals surface area (Å²) in [5.74, 6) is 2.17. The van der Waals surface area contributed by atoms with Crippen LogP contribution in [0.2, 0.25) is 0 Å². The first-order valence-corrected chi connectivity index (χ1v) is 10.5. The number of benzene rings is 3. The molecule has 0 aliphatic heterocycles. The van der Waals surface area contributed by atoms with Crippen LogP contribution >= 0.6 is 0 Å². The van der Waals surface area contributed by atoms with Crippen LogP contribution in [0.1, 0.15) is 16.3 Å². The van der Waals surface area contributed by atoms with Crippen molar-refractivity contribution in [3.05, 3.63) is 84.3 Å². The number of carbonyl (C=O) groups is 1. The molecule has 1 N–H and O–H groups in total. The molecule has 33 heavy (non-hydrogen) atoms. The Labute approximate surface area is 191 Å². The van der Waals surface area contributed by atoms with Gasteiger partial charge in [-0.3, -0.25) is 4.79 Å². The second-order valence-electron chi connectivity index (χ2n) is 7.22. The third-order valence-corrected chi connectivity index (χ3v) is 4.95. The molecule has 170 valence electrons. The van der Waals surface area contributed by atoms with Gasteiger partial charge in [0.15, 0.2) is 17.3 Å². The van der Waals surface area contributed by atoms with E-state index in [1.807, 2.05) is 42.5 Å². The average molecular weight is 447 g/mol. The molecule has 0 spiro atoms. The van der Waals surface area contributed by atoms with Crippen molar-refractivity contribution in [3.63, 3.8) is 0 Å². The molecule has 4 aromatic rings. The van der Waals surface area contributed by atoms with E-state index in [0.29, 0.717) is 36.2 Å². The first-order chi connectivity index (χ1) is 16.2. The maximum absolute atomic E-state index is 12.6. The van der Waals surface area contributed by atoms with Crippen molar-refractivity contribution in [2.75, 3.05) is 32.8 Å². The number of amides is 1. The molecular weight excluding hydrogens is 422 g/mol. The Kier molecular flexibility index (Phi) is 7.12. The molecule has 7 nitrogen and oxygen atoms in total. The molecular formula is C26H25NO6. The molecule has 0 bridgehead atoms. The van der Waals surface area contributed by atoms with Crippen molar-refractivity contribution >= 4 is 22.4 Å². The lowest BCUT2D eigenvalue weighted by atomic mass is 10.1. The van der Waals surface area contributed by atoms with Gasteiger partial charge in [-0.25, -0.2) is 0 Å². The molecule has 0 saturated carbocycles. The lowest BCUT2D eigenvalue weighted by molar-refractivity contribution is 0.0992. The van der Waals surface area contributed by atoms with E-state index in [1.54, 1.807) is 44.6 Å². The van der Waals surface area contributed by atoms with Crippen LogP contribution in [-0.2, 0) is 11.3 Å². The summed E-state index contributed by atoms with van der Waals surface area (Å²) in [6.45, 7) is 1.02. The van der Waals surface area contributed by atoms with Gasteiger partial charge in [-0.05, 0) is 47.2 Å². The Hall–Kier alpha value is -3.97. The zero-order chi connectivity index (χ0) is 23.0. The molecule has 0 saturated heterocycles. The summed E-state index contributed by atoms with van der Waals surface area (Å²) in [6.07, 6.45) is 0. The van der Waals surface area contributed by atoms with Gasteiger partial charge in [-0.1, -0.05) is 30.3 Å². The largest absolute Gasteiger partial charge is 0.493 e. The molecule has 0 fully saturated rings. The van der Waals surface area contributed by atoms with Crippen molar-refractivity contribution in [1.82, 2.24) is 0 Å². The first-order valence-electron chi connectivity index (χ1n) is 10.5. The minimum atomic E-state index is -0.375. The van der Waals surface area contributed by atoms with Gasteiger partial charge in [0.05, 0.1) is 13.7 Å². The van der Waals surface area contributed by atoms with Crippen molar-refractivity contribution in [2.45, 2.75) is 6.61 Å². The smallest absolute Gasteiger partial charge is 0.291 e. The van der Waals surface area contributed by atoms with Crippen molar-refractivity contribution in [3.8, 4) is 17.2 Å². The predicted octanol–water partition coefficient (Wildman–Crippen LogP) is 5.30. The van der Waals surface area contributed by atoms with E-state index in [1.165, 1.54) is 0 Å². The van der Waals surface area contributed by atoms with Crippen LogP contribution < -0.4 is 19.5 Å². The third-order valence-electron chi connectivity index (χ3n) is 4.95. The highest BCUT2D eigenvalue weighted by Gasteiger charge is 2.14. The normalized spacial score (nSPS) is 10.7. The highest BCUT2D eigenvalue weighted by molar-refractivity contribution is 6.02. The van der Waals surface area contributed by atoms with Crippen LogP contribution in [0.5, 0.6) is 17.2 Å².